The molecule has 0 atom stereocenters. The Morgan fingerprint density at radius 2 is 2.03 bits per heavy atom. The Labute approximate surface area is 212 Å². The van der Waals surface area contributed by atoms with Gasteiger partial charge in [0.2, 0.25) is 5.88 Å². The molecule has 0 spiro atoms. The zero-order chi connectivity index (χ0) is 24.8. The van der Waals surface area contributed by atoms with E-state index in [0.717, 1.165) is 46.6 Å². The van der Waals surface area contributed by atoms with Gasteiger partial charge in [0.25, 0.3) is 0 Å². The van der Waals surface area contributed by atoms with Crippen LogP contribution in [0, 0.1) is 6.92 Å². The van der Waals surface area contributed by atoms with E-state index < -0.39 is 5.97 Å². The molecule has 8 nitrogen and oxygen atoms in total. The highest BCUT2D eigenvalue weighted by Crippen LogP contribution is 2.40. The van der Waals surface area contributed by atoms with Crippen molar-refractivity contribution < 1.29 is 19.4 Å². The Balaban J connectivity index is 1.27. The lowest BCUT2D eigenvalue weighted by Gasteiger charge is -2.13. The molecule has 1 aliphatic carbocycles. The summed E-state index contributed by atoms with van der Waals surface area (Å²) in [4.78, 5) is 16.1. The molecule has 9 heteroatoms. The number of fused-ring (bicyclic) bond motifs is 2. The normalized spacial score (nSPS) is 14.4. The Kier molecular flexibility index (Phi) is 5.60. The molecule has 182 valence electrons. The Morgan fingerprint density at radius 1 is 1.17 bits per heavy atom. The summed E-state index contributed by atoms with van der Waals surface area (Å²) in [5, 5.41) is 18.8. The van der Waals surface area contributed by atoms with Crippen molar-refractivity contribution in [3.63, 3.8) is 0 Å². The number of aromatic nitrogens is 4. The first kappa shape index (κ1) is 22.5. The molecule has 0 unspecified atom stereocenters. The maximum Gasteiger partial charge on any atom is 0.335 e. The molecule has 2 aliphatic rings. The first-order valence-corrected chi connectivity index (χ1v) is 12.2. The fourth-order valence-corrected chi connectivity index (χ4v) is 4.82. The standard InChI is InChI=1S/C27H23ClN4O4/c1-15-3-2-4-19(28)25(15)26-21(32(31-30-26)18-8-9-18)14-35-24-12-11-22-20(29-24)10-7-16-5-6-17(27(33)34)13-23(16)36-22/h2-6,11-13,18H,7-10,14H2,1H3,(H,33,34). The number of ether oxygens (including phenoxy) is 2. The predicted molar refractivity (Wildman–Crippen MR) is 133 cm³/mol. The second-order valence-corrected chi connectivity index (χ2v) is 9.51. The summed E-state index contributed by atoms with van der Waals surface area (Å²) in [5.74, 6) is 0.628. The minimum Gasteiger partial charge on any atom is -0.478 e. The van der Waals surface area contributed by atoms with E-state index >= 15 is 0 Å². The number of carboxylic acid groups (broad SMARTS) is 1. The monoisotopic (exact) mass is 502 g/mol. The van der Waals surface area contributed by atoms with Crippen molar-refractivity contribution in [1.29, 1.82) is 0 Å². The van der Waals surface area contributed by atoms with Crippen LogP contribution in [0.1, 0.15) is 51.8 Å². The number of benzene rings is 2. The zero-order valence-corrected chi connectivity index (χ0v) is 20.3. The van der Waals surface area contributed by atoms with Crippen LogP contribution in [-0.4, -0.2) is 31.1 Å². The van der Waals surface area contributed by atoms with E-state index in [4.69, 9.17) is 26.1 Å². The van der Waals surface area contributed by atoms with Crippen LogP contribution in [0.2, 0.25) is 5.02 Å². The summed E-state index contributed by atoms with van der Waals surface area (Å²) >= 11 is 6.54. The molecule has 4 aromatic rings. The highest BCUT2D eigenvalue weighted by Gasteiger charge is 2.30. The minimum absolute atomic E-state index is 0.190. The molecule has 36 heavy (non-hydrogen) atoms. The lowest BCUT2D eigenvalue weighted by molar-refractivity contribution is 0.0696. The van der Waals surface area contributed by atoms with E-state index in [9.17, 15) is 9.90 Å². The third-order valence-corrected chi connectivity index (χ3v) is 6.89. The van der Waals surface area contributed by atoms with Gasteiger partial charge < -0.3 is 14.6 Å². The van der Waals surface area contributed by atoms with Crippen molar-refractivity contribution in [3.8, 4) is 28.6 Å². The Hall–Kier alpha value is -3.91. The molecule has 0 radical (unpaired) electrons. The van der Waals surface area contributed by atoms with Crippen LogP contribution in [0.3, 0.4) is 0 Å². The lowest BCUT2D eigenvalue weighted by Crippen LogP contribution is -2.08. The summed E-state index contributed by atoms with van der Waals surface area (Å²) in [6.45, 7) is 2.26. The average Bonchev–Trinajstić information content (AvgIpc) is 3.65. The van der Waals surface area contributed by atoms with Crippen molar-refractivity contribution in [1.82, 2.24) is 20.0 Å². The number of rotatable bonds is 6. The Morgan fingerprint density at radius 3 is 2.81 bits per heavy atom. The number of aromatic carboxylic acids is 1. The Bertz CT molecular complexity index is 1480. The average molecular weight is 503 g/mol. The van der Waals surface area contributed by atoms with Crippen LogP contribution < -0.4 is 9.47 Å². The number of nitrogens with zero attached hydrogens (tertiary/aromatic N) is 4. The van der Waals surface area contributed by atoms with Crippen LogP contribution >= 0.6 is 11.6 Å². The van der Waals surface area contributed by atoms with Gasteiger partial charge in [0.15, 0.2) is 0 Å². The van der Waals surface area contributed by atoms with Crippen LogP contribution in [0.5, 0.6) is 17.4 Å². The van der Waals surface area contributed by atoms with Crippen LogP contribution in [0.15, 0.2) is 48.5 Å². The molecule has 0 saturated heterocycles. The molecular formula is C27H23ClN4O4. The van der Waals surface area contributed by atoms with Crippen molar-refractivity contribution in [3.05, 3.63) is 81.6 Å². The van der Waals surface area contributed by atoms with E-state index in [-0.39, 0.29) is 12.2 Å². The largest absolute Gasteiger partial charge is 0.478 e. The minimum atomic E-state index is -0.987. The van der Waals surface area contributed by atoms with Crippen LogP contribution in [0.4, 0.5) is 0 Å². The van der Waals surface area contributed by atoms with E-state index in [1.165, 1.54) is 0 Å². The second-order valence-electron chi connectivity index (χ2n) is 9.10. The molecule has 1 aliphatic heterocycles. The number of hydrogen-bond donors (Lipinski definition) is 1. The van der Waals surface area contributed by atoms with Gasteiger partial charge in [-0.15, -0.1) is 5.10 Å². The van der Waals surface area contributed by atoms with E-state index in [1.54, 1.807) is 24.3 Å². The molecule has 6 rings (SSSR count). The summed E-state index contributed by atoms with van der Waals surface area (Å²) in [6, 6.07) is 14.6. The van der Waals surface area contributed by atoms with Gasteiger partial charge in [-0.2, -0.15) is 0 Å². The zero-order valence-electron chi connectivity index (χ0n) is 19.6. The van der Waals surface area contributed by atoms with Crippen LogP contribution in [-0.2, 0) is 19.4 Å². The van der Waals surface area contributed by atoms with E-state index in [2.05, 4.69) is 10.3 Å². The number of carbonyl (C=O) groups is 1. The number of aryl methyl sites for hydroxylation is 3. The van der Waals surface area contributed by atoms with E-state index in [0.29, 0.717) is 41.3 Å². The van der Waals surface area contributed by atoms with Crippen molar-refractivity contribution in [2.24, 2.45) is 0 Å². The molecule has 0 amide bonds. The quantitative estimate of drug-likeness (QED) is 0.355. The van der Waals surface area contributed by atoms with Gasteiger partial charge in [0.1, 0.15) is 29.5 Å². The smallest absolute Gasteiger partial charge is 0.335 e. The van der Waals surface area contributed by atoms with E-state index in [1.807, 2.05) is 35.9 Å². The molecule has 1 fully saturated rings. The maximum atomic E-state index is 11.4. The number of hydrogen-bond acceptors (Lipinski definition) is 6. The highest BCUT2D eigenvalue weighted by molar-refractivity contribution is 6.33. The van der Waals surface area contributed by atoms with Crippen molar-refractivity contribution in [2.45, 2.75) is 45.3 Å². The van der Waals surface area contributed by atoms with Gasteiger partial charge in [-0.25, -0.2) is 14.5 Å². The third-order valence-electron chi connectivity index (χ3n) is 6.57. The second kappa shape index (κ2) is 8.95. The predicted octanol–water partition coefficient (Wildman–Crippen LogP) is 5.80. The first-order chi connectivity index (χ1) is 17.5. The summed E-state index contributed by atoms with van der Waals surface area (Å²) < 4.78 is 14.1. The lowest BCUT2D eigenvalue weighted by atomic mass is 10.0. The number of halogens is 1. The van der Waals surface area contributed by atoms with Gasteiger partial charge in [0, 0.05) is 11.6 Å². The molecule has 1 N–H and O–H groups in total. The van der Waals surface area contributed by atoms with Crippen LogP contribution in [0.25, 0.3) is 11.3 Å². The van der Waals surface area contributed by atoms with Gasteiger partial charge in [-0.1, -0.05) is 35.0 Å². The highest BCUT2D eigenvalue weighted by atomic mass is 35.5. The third kappa shape index (κ3) is 4.18. The van der Waals surface area contributed by atoms with Crippen molar-refractivity contribution >= 4 is 17.6 Å². The molecule has 1 saturated carbocycles. The molecular weight excluding hydrogens is 480 g/mol. The molecule has 3 heterocycles. The molecule has 2 aromatic carbocycles. The van der Waals surface area contributed by atoms with Gasteiger partial charge >= 0.3 is 5.97 Å². The topological polar surface area (TPSA) is 99.4 Å². The summed E-state index contributed by atoms with van der Waals surface area (Å²) in [6.07, 6.45) is 3.47. The van der Waals surface area contributed by atoms with Gasteiger partial charge in [0.05, 0.1) is 22.3 Å². The SMILES string of the molecule is Cc1cccc(Cl)c1-c1nnn(C2CC2)c1COc1ccc2c(n1)CCc1ccc(C(=O)O)cc1O2. The number of carboxylic acids is 1. The summed E-state index contributed by atoms with van der Waals surface area (Å²) in [7, 11) is 0. The van der Waals surface area contributed by atoms with Gasteiger partial charge in [-0.05, 0) is 68.0 Å². The fraction of sp³-hybridized carbons (Fsp3) is 0.259. The maximum absolute atomic E-state index is 11.4. The first-order valence-electron chi connectivity index (χ1n) is 11.8. The molecule has 0 bridgehead atoms. The summed E-state index contributed by atoms with van der Waals surface area (Å²) in [5.41, 5.74) is 5.39. The number of pyridine rings is 1. The van der Waals surface area contributed by atoms with Gasteiger partial charge in [-0.3, -0.25) is 0 Å². The molecule has 2 aromatic heterocycles. The fourth-order valence-electron chi connectivity index (χ4n) is 4.51. The van der Waals surface area contributed by atoms with Crippen molar-refractivity contribution in [2.75, 3.05) is 0 Å².